The summed E-state index contributed by atoms with van der Waals surface area (Å²) >= 11 is 0. The van der Waals surface area contributed by atoms with Gasteiger partial charge in [-0.3, -0.25) is 9.59 Å². The van der Waals surface area contributed by atoms with E-state index in [2.05, 4.69) is 6.08 Å². The van der Waals surface area contributed by atoms with Gasteiger partial charge in [0.2, 0.25) is 5.91 Å². The summed E-state index contributed by atoms with van der Waals surface area (Å²) in [5, 5.41) is 0. The Balaban J connectivity index is 1.76. The first-order valence-corrected chi connectivity index (χ1v) is 12.2. The molecule has 1 aliphatic carbocycles. The van der Waals surface area contributed by atoms with E-state index in [0.717, 1.165) is 22.4 Å². The summed E-state index contributed by atoms with van der Waals surface area (Å²) in [5.74, 6) is -0.682. The fourth-order valence-electron chi connectivity index (χ4n) is 5.48. The lowest BCUT2D eigenvalue weighted by atomic mass is 9.79. The Morgan fingerprint density at radius 2 is 1.81 bits per heavy atom. The van der Waals surface area contributed by atoms with Gasteiger partial charge in [-0.15, -0.1) is 0 Å². The van der Waals surface area contributed by atoms with Gasteiger partial charge in [-0.1, -0.05) is 32.9 Å². The summed E-state index contributed by atoms with van der Waals surface area (Å²) in [6.45, 7) is 5.99. The number of ether oxygens (including phenoxy) is 3. The van der Waals surface area contributed by atoms with Gasteiger partial charge in [-0.25, -0.2) is 4.39 Å². The molecule has 1 amide bonds. The normalized spacial score (nSPS) is 23.5. The second kappa shape index (κ2) is 9.69. The lowest BCUT2D eigenvalue weighted by Gasteiger charge is -2.31. The zero-order valence-corrected chi connectivity index (χ0v) is 21.8. The lowest BCUT2D eigenvalue weighted by molar-refractivity contribution is -0.146. The standard InChI is InChI=1S/C29H34FNO5/c1-28(2,3)27(33)31(4)21-11-12-24(34-5)23(15-21)19-16-29(36-17-19)14-13-22(26(32)35-6)25(29)18-7-9-20(30)10-8-18/h7-12,15-16,22,25H,13-14,17H2,1-6H3/t22-,25+,29+/m0/s1. The number of halogens is 1. The number of hydrogen-bond donors (Lipinski definition) is 0. The topological polar surface area (TPSA) is 65.1 Å². The van der Waals surface area contributed by atoms with Crippen LogP contribution < -0.4 is 9.64 Å². The quantitative estimate of drug-likeness (QED) is 0.523. The first kappa shape index (κ1) is 25.9. The first-order chi connectivity index (χ1) is 17.0. The minimum atomic E-state index is -0.736. The summed E-state index contributed by atoms with van der Waals surface area (Å²) in [4.78, 5) is 27.2. The van der Waals surface area contributed by atoms with E-state index in [9.17, 15) is 14.0 Å². The molecule has 1 fully saturated rings. The maximum atomic E-state index is 13.7. The summed E-state index contributed by atoms with van der Waals surface area (Å²) in [6, 6.07) is 11.9. The molecule has 2 aromatic rings. The van der Waals surface area contributed by atoms with Crippen LogP contribution in [0.4, 0.5) is 10.1 Å². The number of hydrogen-bond acceptors (Lipinski definition) is 5. The minimum absolute atomic E-state index is 0.000162. The fraction of sp³-hybridized carbons (Fsp3) is 0.448. The van der Waals surface area contributed by atoms with Crippen molar-refractivity contribution in [1.29, 1.82) is 0 Å². The Labute approximate surface area is 212 Å². The van der Waals surface area contributed by atoms with Crippen molar-refractivity contribution >= 4 is 23.1 Å². The predicted molar refractivity (Wildman–Crippen MR) is 136 cm³/mol. The molecule has 1 saturated carbocycles. The molecule has 1 aliphatic heterocycles. The molecule has 36 heavy (non-hydrogen) atoms. The molecule has 4 rings (SSSR count). The maximum absolute atomic E-state index is 13.7. The monoisotopic (exact) mass is 495 g/mol. The van der Waals surface area contributed by atoms with Crippen molar-refractivity contribution in [3.05, 3.63) is 65.5 Å². The number of carbonyl (C=O) groups is 2. The number of carbonyl (C=O) groups excluding carboxylic acids is 2. The molecular formula is C29H34FNO5. The first-order valence-electron chi connectivity index (χ1n) is 12.2. The van der Waals surface area contributed by atoms with E-state index in [1.165, 1.54) is 19.2 Å². The Hall–Kier alpha value is -3.19. The number of nitrogens with zero attached hydrogens (tertiary/aromatic N) is 1. The highest BCUT2D eigenvalue weighted by Crippen LogP contribution is 2.54. The van der Waals surface area contributed by atoms with Crippen molar-refractivity contribution < 1.29 is 28.2 Å². The largest absolute Gasteiger partial charge is 0.496 e. The molecule has 6 nitrogen and oxygen atoms in total. The Kier molecular flexibility index (Phi) is 6.97. The summed E-state index contributed by atoms with van der Waals surface area (Å²) < 4.78 is 30.9. The molecule has 0 unspecified atom stereocenters. The van der Waals surface area contributed by atoms with Crippen LogP contribution in [0, 0.1) is 17.2 Å². The third-order valence-corrected chi connectivity index (χ3v) is 7.29. The zero-order valence-electron chi connectivity index (χ0n) is 21.8. The van der Waals surface area contributed by atoms with Crippen LogP contribution >= 0.6 is 0 Å². The van der Waals surface area contributed by atoms with Gasteiger partial charge in [-0.2, -0.15) is 0 Å². The molecule has 3 atom stereocenters. The lowest BCUT2D eigenvalue weighted by Crippen LogP contribution is -2.36. The van der Waals surface area contributed by atoms with Gasteiger partial charge in [-0.05, 0) is 60.4 Å². The van der Waals surface area contributed by atoms with Crippen molar-refractivity contribution in [1.82, 2.24) is 0 Å². The molecule has 2 aromatic carbocycles. The van der Waals surface area contributed by atoms with E-state index in [1.807, 2.05) is 39.0 Å². The van der Waals surface area contributed by atoms with Crippen molar-refractivity contribution in [2.75, 3.05) is 32.8 Å². The third-order valence-electron chi connectivity index (χ3n) is 7.29. The van der Waals surface area contributed by atoms with E-state index in [-0.39, 0.29) is 23.6 Å². The number of anilines is 1. The summed E-state index contributed by atoms with van der Waals surface area (Å²) in [7, 11) is 4.76. The maximum Gasteiger partial charge on any atom is 0.309 e. The van der Waals surface area contributed by atoms with Gasteiger partial charge in [0.1, 0.15) is 11.6 Å². The average Bonchev–Trinajstić information content (AvgIpc) is 3.46. The molecule has 0 saturated heterocycles. The smallest absolute Gasteiger partial charge is 0.309 e. The van der Waals surface area contributed by atoms with E-state index in [1.54, 1.807) is 31.2 Å². The SMILES string of the molecule is COC(=O)[C@H]1CC[C@@]2(C=C(c3cc(N(C)C(=O)C(C)(C)C)ccc3OC)CO2)[C@@H]1c1ccc(F)cc1. The number of rotatable bonds is 5. The van der Waals surface area contributed by atoms with Gasteiger partial charge in [0.05, 0.1) is 32.3 Å². The molecule has 0 aromatic heterocycles. The highest BCUT2D eigenvalue weighted by Gasteiger charge is 2.54. The van der Waals surface area contributed by atoms with Gasteiger partial charge in [0, 0.05) is 29.6 Å². The number of esters is 1. The van der Waals surface area contributed by atoms with Gasteiger partial charge < -0.3 is 19.1 Å². The third kappa shape index (κ3) is 4.64. The number of benzene rings is 2. The predicted octanol–water partition coefficient (Wildman–Crippen LogP) is 5.36. The number of methoxy groups -OCH3 is 2. The van der Waals surface area contributed by atoms with Crippen molar-refractivity contribution in [2.24, 2.45) is 11.3 Å². The second-order valence-electron chi connectivity index (χ2n) is 10.6. The second-order valence-corrected chi connectivity index (χ2v) is 10.6. The Morgan fingerprint density at radius 3 is 2.42 bits per heavy atom. The molecule has 1 spiro atoms. The Morgan fingerprint density at radius 1 is 1.11 bits per heavy atom. The Bertz CT molecular complexity index is 1180. The van der Waals surface area contributed by atoms with Crippen LogP contribution in [0.25, 0.3) is 5.57 Å². The summed E-state index contributed by atoms with van der Waals surface area (Å²) in [5.41, 5.74) is 2.08. The van der Waals surface area contributed by atoms with E-state index >= 15 is 0 Å². The summed E-state index contributed by atoms with van der Waals surface area (Å²) in [6.07, 6.45) is 3.30. The van der Waals surface area contributed by atoms with Crippen LogP contribution in [0.1, 0.15) is 50.7 Å². The zero-order chi connectivity index (χ0) is 26.3. The van der Waals surface area contributed by atoms with Crippen LogP contribution in [-0.2, 0) is 19.1 Å². The molecule has 192 valence electrons. The molecule has 1 heterocycles. The molecule has 0 N–H and O–H groups in total. The molecule has 7 heteroatoms. The van der Waals surface area contributed by atoms with Crippen molar-refractivity contribution in [3.63, 3.8) is 0 Å². The van der Waals surface area contributed by atoms with E-state index < -0.39 is 16.9 Å². The van der Waals surface area contributed by atoms with Crippen LogP contribution in [0.5, 0.6) is 5.75 Å². The van der Waals surface area contributed by atoms with Crippen LogP contribution in [-0.4, -0.2) is 45.4 Å². The van der Waals surface area contributed by atoms with Crippen LogP contribution in [0.2, 0.25) is 0 Å². The fourth-order valence-corrected chi connectivity index (χ4v) is 5.48. The van der Waals surface area contributed by atoms with Gasteiger partial charge in [0.15, 0.2) is 0 Å². The van der Waals surface area contributed by atoms with Crippen molar-refractivity contribution in [3.8, 4) is 5.75 Å². The molecule has 2 aliphatic rings. The highest BCUT2D eigenvalue weighted by atomic mass is 19.1. The highest BCUT2D eigenvalue weighted by molar-refractivity contribution is 5.97. The van der Waals surface area contributed by atoms with E-state index in [0.29, 0.717) is 25.2 Å². The van der Waals surface area contributed by atoms with Gasteiger partial charge in [0.25, 0.3) is 0 Å². The van der Waals surface area contributed by atoms with Crippen molar-refractivity contribution in [2.45, 2.75) is 45.1 Å². The van der Waals surface area contributed by atoms with Crippen LogP contribution in [0.3, 0.4) is 0 Å². The molecular weight excluding hydrogens is 461 g/mol. The van der Waals surface area contributed by atoms with E-state index in [4.69, 9.17) is 14.2 Å². The average molecular weight is 496 g/mol. The molecule has 0 bridgehead atoms. The van der Waals surface area contributed by atoms with Crippen LogP contribution in [0.15, 0.2) is 48.5 Å². The minimum Gasteiger partial charge on any atom is -0.496 e. The number of amides is 1. The molecule has 0 radical (unpaired) electrons. The van der Waals surface area contributed by atoms with Gasteiger partial charge >= 0.3 is 5.97 Å².